The molecule has 21 heavy (non-hydrogen) atoms. The van der Waals surface area contributed by atoms with Crippen molar-refractivity contribution in [1.29, 1.82) is 0 Å². The van der Waals surface area contributed by atoms with Crippen molar-refractivity contribution in [1.82, 2.24) is 5.32 Å². The van der Waals surface area contributed by atoms with Crippen LogP contribution in [0.4, 0.5) is 5.69 Å². The molecule has 0 aliphatic carbocycles. The van der Waals surface area contributed by atoms with Gasteiger partial charge >= 0.3 is 0 Å². The number of hydrogen-bond donors (Lipinski definition) is 2. The van der Waals surface area contributed by atoms with Gasteiger partial charge in [0.1, 0.15) is 0 Å². The van der Waals surface area contributed by atoms with E-state index in [2.05, 4.69) is 23.6 Å². The van der Waals surface area contributed by atoms with Crippen LogP contribution in [0.1, 0.15) is 38.2 Å². The maximum Gasteiger partial charge on any atom is 0.226 e. The number of carbonyl (C=O) groups excluding carboxylic acids is 1. The summed E-state index contributed by atoms with van der Waals surface area (Å²) in [6, 6.07) is 8.02. The van der Waals surface area contributed by atoms with Crippen molar-refractivity contribution in [3.8, 4) is 0 Å². The zero-order chi connectivity index (χ0) is 14.9. The summed E-state index contributed by atoms with van der Waals surface area (Å²) >= 11 is 0. The average Bonchev–Trinajstić information content (AvgIpc) is 2.50. The molecule has 2 rings (SSSR count). The fourth-order valence-corrected chi connectivity index (χ4v) is 2.62. The number of aryl methyl sites for hydroxylation is 1. The van der Waals surface area contributed by atoms with Crippen molar-refractivity contribution >= 4 is 11.6 Å². The van der Waals surface area contributed by atoms with Gasteiger partial charge < -0.3 is 15.4 Å². The Hall–Kier alpha value is -1.39. The molecule has 0 aromatic heterocycles. The molecular weight excluding hydrogens is 264 g/mol. The minimum absolute atomic E-state index is 0.0347. The standard InChI is InChI=1S/C17H26N2O2/c1-2-5-14-6-3-4-7-16(14)19-17(20)10-13-21-15-8-11-18-12-9-15/h3-4,6-7,15,18H,2,5,8-13H2,1H3,(H,19,20). The lowest BCUT2D eigenvalue weighted by atomic mass is 10.1. The molecule has 1 fully saturated rings. The molecule has 1 aliphatic rings. The monoisotopic (exact) mass is 290 g/mol. The lowest BCUT2D eigenvalue weighted by molar-refractivity contribution is -0.117. The van der Waals surface area contributed by atoms with Gasteiger partial charge in [-0.1, -0.05) is 31.5 Å². The van der Waals surface area contributed by atoms with Crippen molar-refractivity contribution in [3.05, 3.63) is 29.8 Å². The molecular formula is C17H26N2O2. The van der Waals surface area contributed by atoms with Gasteiger partial charge in [0.05, 0.1) is 19.1 Å². The first-order chi connectivity index (χ1) is 10.3. The number of hydrogen-bond acceptors (Lipinski definition) is 3. The van der Waals surface area contributed by atoms with E-state index in [1.54, 1.807) is 0 Å². The maximum absolute atomic E-state index is 12.0. The summed E-state index contributed by atoms with van der Waals surface area (Å²) in [6.07, 6.45) is 4.88. The Morgan fingerprint density at radius 2 is 2.10 bits per heavy atom. The third kappa shape index (κ3) is 5.48. The van der Waals surface area contributed by atoms with Gasteiger partial charge in [-0.15, -0.1) is 0 Å². The van der Waals surface area contributed by atoms with E-state index in [-0.39, 0.29) is 5.91 Å². The highest BCUT2D eigenvalue weighted by molar-refractivity contribution is 5.91. The Labute approximate surface area is 127 Å². The molecule has 0 unspecified atom stereocenters. The molecule has 0 bridgehead atoms. The number of carbonyl (C=O) groups is 1. The maximum atomic E-state index is 12.0. The SMILES string of the molecule is CCCc1ccccc1NC(=O)CCOC1CCNCC1. The smallest absolute Gasteiger partial charge is 0.226 e. The van der Waals surface area contributed by atoms with Gasteiger partial charge in [0.15, 0.2) is 0 Å². The summed E-state index contributed by atoms with van der Waals surface area (Å²) in [5.41, 5.74) is 2.14. The van der Waals surface area contributed by atoms with Crippen LogP contribution in [-0.2, 0) is 16.0 Å². The second kappa shape index (κ2) is 8.80. The van der Waals surface area contributed by atoms with E-state index in [1.165, 1.54) is 5.56 Å². The highest BCUT2D eigenvalue weighted by Gasteiger charge is 2.14. The van der Waals surface area contributed by atoms with Crippen LogP contribution in [-0.4, -0.2) is 31.7 Å². The van der Waals surface area contributed by atoms with Gasteiger partial charge in [-0.3, -0.25) is 4.79 Å². The van der Waals surface area contributed by atoms with Crippen LogP contribution in [0.5, 0.6) is 0 Å². The van der Waals surface area contributed by atoms with Crippen molar-refractivity contribution in [3.63, 3.8) is 0 Å². The molecule has 1 amide bonds. The number of rotatable bonds is 7. The average molecular weight is 290 g/mol. The Bertz CT molecular complexity index is 442. The van der Waals surface area contributed by atoms with E-state index in [0.717, 1.165) is 44.5 Å². The number of anilines is 1. The van der Waals surface area contributed by atoms with Crippen LogP contribution in [0.15, 0.2) is 24.3 Å². The zero-order valence-corrected chi connectivity index (χ0v) is 12.9. The molecule has 4 heteroatoms. The lowest BCUT2D eigenvalue weighted by Crippen LogP contribution is -2.33. The van der Waals surface area contributed by atoms with Gasteiger partial charge in [-0.25, -0.2) is 0 Å². The third-order valence-corrected chi connectivity index (χ3v) is 3.78. The summed E-state index contributed by atoms with van der Waals surface area (Å²) in [4.78, 5) is 12.0. The first-order valence-electron chi connectivity index (χ1n) is 7.99. The molecule has 1 heterocycles. The van der Waals surface area contributed by atoms with Gasteiger partial charge in [0, 0.05) is 5.69 Å². The van der Waals surface area contributed by atoms with Crippen molar-refractivity contribution in [2.24, 2.45) is 0 Å². The summed E-state index contributed by atoms with van der Waals surface area (Å²) in [5, 5.41) is 6.31. The topological polar surface area (TPSA) is 50.4 Å². The zero-order valence-electron chi connectivity index (χ0n) is 12.9. The minimum Gasteiger partial charge on any atom is -0.378 e. The highest BCUT2D eigenvalue weighted by atomic mass is 16.5. The molecule has 1 aromatic carbocycles. The number of piperidine rings is 1. The Kier molecular flexibility index (Phi) is 6.70. The van der Waals surface area contributed by atoms with Gasteiger partial charge in [0.25, 0.3) is 0 Å². The van der Waals surface area contributed by atoms with E-state index >= 15 is 0 Å². The Morgan fingerprint density at radius 3 is 2.86 bits per heavy atom. The summed E-state index contributed by atoms with van der Waals surface area (Å²) in [5.74, 6) is 0.0347. The molecule has 4 nitrogen and oxygen atoms in total. The molecule has 116 valence electrons. The van der Waals surface area contributed by atoms with E-state index in [4.69, 9.17) is 4.74 Å². The second-order valence-electron chi connectivity index (χ2n) is 5.53. The van der Waals surface area contributed by atoms with E-state index in [0.29, 0.717) is 19.1 Å². The fourth-order valence-electron chi connectivity index (χ4n) is 2.62. The van der Waals surface area contributed by atoms with Gasteiger partial charge in [-0.05, 0) is 44.0 Å². The molecule has 1 aliphatic heterocycles. The first kappa shape index (κ1) is 16.0. The van der Waals surface area contributed by atoms with Crippen molar-refractivity contribution in [2.45, 2.75) is 45.1 Å². The molecule has 1 aromatic rings. The number of benzene rings is 1. The van der Waals surface area contributed by atoms with Crippen molar-refractivity contribution < 1.29 is 9.53 Å². The predicted octanol–water partition coefficient (Wildman–Crippen LogP) is 2.74. The fraction of sp³-hybridized carbons (Fsp3) is 0.588. The number of amides is 1. The molecule has 2 N–H and O–H groups in total. The number of ether oxygens (including phenoxy) is 1. The van der Waals surface area contributed by atoms with Crippen LogP contribution in [0.25, 0.3) is 0 Å². The van der Waals surface area contributed by atoms with E-state index in [9.17, 15) is 4.79 Å². The largest absolute Gasteiger partial charge is 0.378 e. The normalized spacial score (nSPS) is 15.9. The quantitative estimate of drug-likeness (QED) is 0.812. The number of para-hydroxylation sites is 1. The van der Waals surface area contributed by atoms with Crippen LogP contribution in [0.2, 0.25) is 0 Å². The van der Waals surface area contributed by atoms with E-state index in [1.807, 2.05) is 18.2 Å². The highest BCUT2D eigenvalue weighted by Crippen LogP contribution is 2.17. The van der Waals surface area contributed by atoms with E-state index < -0.39 is 0 Å². The van der Waals surface area contributed by atoms with Crippen LogP contribution in [0.3, 0.4) is 0 Å². The molecule has 0 radical (unpaired) electrons. The summed E-state index contributed by atoms with van der Waals surface area (Å²) < 4.78 is 5.77. The third-order valence-electron chi connectivity index (χ3n) is 3.78. The molecule has 1 saturated heterocycles. The first-order valence-corrected chi connectivity index (χ1v) is 7.99. The van der Waals surface area contributed by atoms with Gasteiger partial charge in [0.2, 0.25) is 5.91 Å². The number of nitrogens with one attached hydrogen (secondary N) is 2. The summed E-state index contributed by atoms with van der Waals surface area (Å²) in [6.45, 7) is 4.68. The Morgan fingerprint density at radius 1 is 1.33 bits per heavy atom. The Balaban J connectivity index is 1.73. The van der Waals surface area contributed by atoms with Crippen LogP contribution >= 0.6 is 0 Å². The van der Waals surface area contributed by atoms with Crippen LogP contribution < -0.4 is 10.6 Å². The molecule has 0 saturated carbocycles. The molecule has 0 atom stereocenters. The minimum atomic E-state index is 0.0347. The second-order valence-corrected chi connectivity index (χ2v) is 5.53. The van der Waals surface area contributed by atoms with Gasteiger partial charge in [-0.2, -0.15) is 0 Å². The summed E-state index contributed by atoms with van der Waals surface area (Å²) in [7, 11) is 0. The van der Waals surface area contributed by atoms with Crippen LogP contribution in [0, 0.1) is 0 Å². The molecule has 0 spiro atoms. The predicted molar refractivity (Wildman–Crippen MR) is 85.5 cm³/mol. The lowest BCUT2D eigenvalue weighted by Gasteiger charge is -2.22. The van der Waals surface area contributed by atoms with Crippen molar-refractivity contribution in [2.75, 3.05) is 25.0 Å².